The van der Waals surface area contributed by atoms with Gasteiger partial charge in [0.05, 0.1) is 4.47 Å². The van der Waals surface area contributed by atoms with Crippen molar-refractivity contribution in [1.82, 2.24) is 9.55 Å². The van der Waals surface area contributed by atoms with Gasteiger partial charge in [-0.1, -0.05) is 18.2 Å². The number of ether oxygens (including phenoxy) is 1. The van der Waals surface area contributed by atoms with Crippen molar-refractivity contribution in [1.29, 1.82) is 0 Å². The number of esters is 1. The second-order valence-corrected chi connectivity index (χ2v) is 6.78. The van der Waals surface area contributed by atoms with Gasteiger partial charge in [0.2, 0.25) is 0 Å². The fraction of sp³-hybridized carbons (Fsp3) is 0.312. The van der Waals surface area contributed by atoms with Crippen molar-refractivity contribution in [2.45, 2.75) is 32.9 Å². The molecule has 0 spiro atoms. The number of para-hydroxylation sites is 1. The van der Waals surface area contributed by atoms with Crippen LogP contribution in [0.2, 0.25) is 0 Å². The first kappa shape index (κ1) is 17.2. The van der Waals surface area contributed by atoms with Crippen molar-refractivity contribution < 1.29 is 9.53 Å². The molecule has 0 bridgehead atoms. The minimum Gasteiger partial charge on any atom is -0.459 e. The maximum Gasteiger partial charge on any atom is 0.350 e. The highest BCUT2D eigenvalue weighted by Gasteiger charge is 2.17. The number of hydrogen-bond donors (Lipinski definition) is 1. The quantitative estimate of drug-likeness (QED) is 0.826. The number of anilines is 2. The van der Waals surface area contributed by atoms with E-state index < -0.39 is 17.3 Å². The van der Waals surface area contributed by atoms with Gasteiger partial charge >= 0.3 is 11.7 Å². The maximum atomic E-state index is 12.1. The fourth-order valence-electron chi connectivity index (χ4n) is 1.84. The Morgan fingerprint density at radius 2 is 1.96 bits per heavy atom. The van der Waals surface area contributed by atoms with Crippen LogP contribution in [0.15, 0.2) is 45.8 Å². The van der Waals surface area contributed by atoms with Gasteiger partial charge < -0.3 is 10.1 Å². The predicted molar refractivity (Wildman–Crippen MR) is 91.8 cm³/mol. The van der Waals surface area contributed by atoms with E-state index in [4.69, 9.17) is 4.74 Å². The molecule has 0 saturated heterocycles. The Morgan fingerprint density at radius 3 is 2.57 bits per heavy atom. The Bertz CT molecular complexity index is 751. The average molecular weight is 380 g/mol. The normalized spacial score (nSPS) is 11.1. The van der Waals surface area contributed by atoms with Crippen LogP contribution in [0.4, 0.5) is 11.5 Å². The van der Waals surface area contributed by atoms with Gasteiger partial charge in [-0.3, -0.25) is 9.36 Å². The van der Waals surface area contributed by atoms with Crippen molar-refractivity contribution >= 4 is 33.4 Å². The fourth-order valence-corrected chi connectivity index (χ4v) is 2.27. The summed E-state index contributed by atoms with van der Waals surface area (Å²) in [6.07, 6.45) is 1.52. The first-order valence-corrected chi connectivity index (χ1v) is 7.85. The largest absolute Gasteiger partial charge is 0.459 e. The van der Waals surface area contributed by atoms with E-state index in [2.05, 4.69) is 26.2 Å². The molecular weight excluding hydrogens is 362 g/mol. The molecule has 1 N–H and O–H groups in total. The Labute approximate surface area is 142 Å². The summed E-state index contributed by atoms with van der Waals surface area (Å²) in [5.41, 5.74) is -0.317. The Balaban J connectivity index is 2.17. The van der Waals surface area contributed by atoms with Crippen LogP contribution >= 0.6 is 15.9 Å². The number of benzene rings is 1. The second kappa shape index (κ2) is 6.95. The third-order valence-electron chi connectivity index (χ3n) is 2.70. The monoisotopic (exact) mass is 379 g/mol. The Hall–Kier alpha value is -2.15. The number of nitrogens with zero attached hydrogens (tertiary/aromatic N) is 2. The van der Waals surface area contributed by atoms with Crippen LogP contribution in [-0.4, -0.2) is 21.1 Å². The summed E-state index contributed by atoms with van der Waals surface area (Å²) in [7, 11) is 0. The van der Waals surface area contributed by atoms with Crippen LogP contribution in [0.25, 0.3) is 0 Å². The van der Waals surface area contributed by atoms with Gasteiger partial charge in [-0.2, -0.15) is 4.98 Å². The van der Waals surface area contributed by atoms with Crippen LogP contribution < -0.4 is 11.0 Å². The Morgan fingerprint density at radius 1 is 1.30 bits per heavy atom. The van der Waals surface area contributed by atoms with Crippen LogP contribution in [0.5, 0.6) is 0 Å². The van der Waals surface area contributed by atoms with Gasteiger partial charge in [0.1, 0.15) is 12.1 Å². The van der Waals surface area contributed by atoms with E-state index in [1.807, 2.05) is 30.3 Å². The molecule has 6 nitrogen and oxygen atoms in total. The van der Waals surface area contributed by atoms with Crippen molar-refractivity contribution in [2.24, 2.45) is 0 Å². The summed E-state index contributed by atoms with van der Waals surface area (Å²) < 4.78 is 6.98. The van der Waals surface area contributed by atoms with Crippen LogP contribution in [-0.2, 0) is 16.1 Å². The summed E-state index contributed by atoms with van der Waals surface area (Å²) in [6, 6.07) is 9.37. The molecule has 7 heteroatoms. The zero-order valence-electron chi connectivity index (χ0n) is 13.2. The first-order valence-electron chi connectivity index (χ1n) is 7.05. The molecule has 1 aromatic heterocycles. The van der Waals surface area contributed by atoms with Gasteiger partial charge in [0.25, 0.3) is 0 Å². The predicted octanol–water partition coefficient (Wildman–Crippen LogP) is 3.09. The van der Waals surface area contributed by atoms with E-state index in [0.717, 1.165) is 5.69 Å². The van der Waals surface area contributed by atoms with E-state index in [9.17, 15) is 9.59 Å². The molecule has 2 rings (SSSR count). The Kier molecular flexibility index (Phi) is 5.20. The molecule has 0 atom stereocenters. The highest BCUT2D eigenvalue weighted by molar-refractivity contribution is 9.10. The standard InChI is InChI=1S/C16H18BrN3O3/c1-16(2,3)23-13(21)10-20-9-12(17)14(19-15(20)22)18-11-7-5-4-6-8-11/h4-9H,10H2,1-3H3,(H,18,19,22). The van der Waals surface area contributed by atoms with E-state index in [0.29, 0.717) is 10.3 Å². The van der Waals surface area contributed by atoms with Gasteiger partial charge in [-0.25, -0.2) is 4.79 Å². The second-order valence-electron chi connectivity index (χ2n) is 5.93. The average Bonchev–Trinajstić information content (AvgIpc) is 2.43. The molecule has 0 aliphatic heterocycles. The number of carbonyl (C=O) groups is 1. The highest BCUT2D eigenvalue weighted by atomic mass is 79.9. The zero-order chi connectivity index (χ0) is 17.0. The number of carbonyl (C=O) groups excluding carboxylic acids is 1. The van der Waals surface area contributed by atoms with Crippen molar-refractivity contribution in [3.63, 3.8) is 0 Å². The maximum absolute atomic E-state index is 12.1. The number of aromatic nitrogens is 2. The summed E-state index contributed by atoms with van der Waals surface area (Å²) in [6.45, 7) is 5.13. The van der Waals surface area contributed by atoms with Gasteiger partial charge in [0.15, 0.2) is 5.82 Å². The van der Waals surface area contributed by atoms with Gasteiger partial charge in [-0.15, -0.1) is 0 Å². The van der Waals surface area contributed by atoms with Crippen molar-refractivity contribution in [2.75, 3.05) is 5.32 Å². The third-order valence-corrected chi connectivity index (χ3v) is 3.28. The lowest BCUT2D eigenvalue weighted by atomic mass is 10.2. The third kappa shape index (κ3) is 5.21. The molecule has 0 fully saturated rings. The van der Waals surface area contributed by atoms with Crippen LogP contribution in [0.3, 0.4) is 0 Å². The smallest absolute Gasteiger partial charge is 0.350 e. The van der Waals surface area contributed by atoms with Crippen molar-refractivity contribution in [3.8, 4) is 0 Å². The minimum absolute atomic E-state index is 0.187. The molecule has 0 saturated carbocycles. The van der Waals surface area contributed by atoms with Crippen LogP contribution in [0.1, 0.15) is 20.8 Å². The summed E-state index contributed by atoms with van der Waals surface area (Å²) >= 11 is 3.35. The topological polar surface area (TPSA) is 73.2 Å². The van der Waals surface area contributed by atoms with Crippen molar-refractivity contribution in [3.05, 3.63) is 51.5 Å². The number of hydrogen-bond acceptors (Lipinski definition) is 5. The lowest BCUT2D eigenvalue weighted by molar-refractivity contribution is -0.155. The molecule has 0 aliphatic rings. The first-order chi connectivity index (χ1) is 10.7. The highest BCUT2D eigenvalue weighted by Crippen LogP contribution is 2.21. The molecule has 2 aromatic rings. The molecule has 1 heterocycles. The molecule has 0 aliphatic carbocycles. The lowest BCUT2D eigenvalue weighted by Crippen LogP contribution is -2.31. The van der Waals surface area contributed by atoms with Gasteiger partial charge in [-0.05, 0) is 48.8 Å². The molecule has 122 valence electrons. The van der Waals surface area contributed by atoms with Crippen LogP contribution in [0, 0.1) is 0 Å². The minimum atomic E-state index is -0.597. The SMILES string of the molecule is CC(C)(C)OC(=O)Cn1cc(Br)c(Nc2ccccc2)nc1=O. The number of rotatable bonds is 4. The van der Waals surface area contributed by atoms with E-state index >= 15 is 0 Å². The summed E-state index contributed by atoms with van der Waals surface area (Å²) in [5, 5.41) is 3.04. The molecule has 0 unspecified atom stereocenters. The molecule has 23 heavy (non-hydrogen) atoms. The van der Waals surface area contributed by atoms with E-state index in [1.54, 1.807) is 20.8 Å². The molecular formula is C16H18BrN3O3. The van der Waals surface area contributed by atoms with E-state index in [-0.39, 0.29) is 6.54 Å². The van der Waals surface area contributed by atoms with E-state index in [1.165, 1.54) is 10.8 Å². The summed E-state index contributed by atoms with van der Waals surface area (Å²) in [5.74, 6) is -0.0984. The number of nitrogens with one attached hydrogen (secondary N) is 1. The van der Waals surface area contributed by atoms with Gasteiger partial charge in [0, 0.05) is 11.9 Å². The number of halogens is 1. The molecule has 0 radical (unpaired) electrons. The molecule has 1 aromatic carbocycles. The molecule has 0 amide bonds. The lowest BCUT2D eigenvalue weighted by Gasteiger charge is -2.19. The zero-order valence-corrected chi connectivity index (χ0v) is 14.8. The summed E-state index contributed by atoms with van der Waals surface area (Å²) in [4.78, 5) is 27.9.